The van der Waals surface area contributed by atoms with Gasteiger partial charge in [0.1, 0.15) is 0 Å². The molecule has 0 bridgehead atoms. The topological polar surface area (TPSA) is 68.0 Å². The van der Waals surface area contributed by atoms with Crippen molar-refractivity contribution in [3.05, 3.63) is 41.0 Å². The molecule has 1 heterocycles. The minimum Gasteiger partial charge on any atom is -0.411 e. The number of benzene rings is 1. The van der Waals surface area contributed by atoms with Gasteiger partial charge in [0, 0.05) is 12.1 Å². The Hall–Kier alpha value is -2.08. The molecule has 0 radical (unpaired) electrons. The summed E-state index contributed by atoms with van der Waals surface area (Å²) in [5, 5.41) is 11.4. The molecule has 1 aromatic heterocycles. The van der Waals surface area contributed by atoms with Gasteiger partial charge in [0.25, 0.3) is 5.22 Å². The molecule has 2 aromatic rings. The summed E-state index contributed by atoms with van der Waals surface area (Å²) in [5.74, 6) is 0.490. The highest BCUT2D eigenvalue weighted by atomic mass is 32.2. The van der Waals surface area contributed by atoms with E-state index in [0.29, 0.717) is 17.7 Å². The van der Waals surface area contributed by atoms with Crippen LogP contribution in [0.5, 0.6) is 0 Å². The van der Waals surface area contributed by atoms with Crippen LogP contribution < -0.4 is 5.32 Å². The van der Waals surface area contributed by atoms with Crippen LogP contribution in [0, 0.1) is 13.8 Å². The number of rotatable bonds is 7. The van der Waals surface area contributed by atoms with Crippen molar-refractivity contribution < 1.29 is 9.21 Å². The molecule has 0 aliphatic heterocycles. The Morgan fingerprint density at radius 1 is 1.22 bits per heavy atom. The van der Waals surface area contributed by atoms with Crippen molar-refractivity contribution in [3.8, 4) is 11.5 Å². The van der Waals surface area contributed by atoms with E-state index in [9.17, 15) is 4.79 Å². The summed E-state index contributed by atoms with van der Waals surface area (Å²) in [7, 11) is 0. The molecule has 0 fully saturated rings. The molecule has 1 aliphatic rings. The third kappa shape index (κ3) is 5.70. The largest absolute Gasteiger partial charge is 0.411 e. The molecule has 5 nitrogen and oxygen atoms in total. The van der Waals surface area contributed by atoms with Crippen LogP contribution in [0.3, 0.4) is 0 Å². The summed E-state index contributed by atoms with van der Waals surface area (Å²) in [6.45, 7) is 6.63. The lowest BCUT2D eigenvalue weighted by molar-refractivity contribution is -0.120. The van der Waals surface area contributed by atoms with E-state index in [2.05, 4.69) is 27.7 Å². The zero-order valence-corrected chi connectivity index (χ0v) is 17.1. The summed E-state index contributed by atoms with van der Waals surface area (Å²) in [6, 6.07) is 6.14. The lowest BCUT2D eigenvalue weighted by Crippen LogP contribution is -2.31. The lowest BCUT2D eigenvalue weighted by Gasteiger charge is -2.14. The van der Waals surface area contributed by atoms with Crippen molar-refractivity contribution in [2.45, 2.75) is 63.3 Å². The van der Waals surface area contributed by atoms with E-state index < -0.39 is 0 Å². The highest BCUT2D eigenvalue weighted by Crippen LogP contribution is 2.27. The number of hydrogen-bond acceptors (Lipinski definition) is 5. The second-order valence-electron chi connectivity index (χ2n) is 7.16. The molecule has 0 spiro atoms. The molecule has 1 aromatic carbocycles. The zero-order chi connectivity index (χ0) is 19.2. The summed E-state index contributed by atoms with van der Waals surface area (Å²) in [5.41, 5.74) is 4.68. The molecular formula is C21H27N3O2S. The Bertz CT molecular complexity index is 808. The SMILES string of the molecule is Cc1cc(C)cc(-c2nnc(S[C@H](C)C(=O)NCCC3=CCCCC3)o2)c1. The number of nitrogens with zero attached hydrogens (tertiary/aromatic N) is 2. The molecule has 6 heteroatoms. The van der Waals surface area contributed by atoms with Crippen LogP contribution in [-0.2, 0) is 4.79 Å². The zero-order valence-electron chi connectivity index (χ0n) is 16.2. The summed E-state index contributed by atoms with van der Waals surface area (Å²) in [6.07, 6.45) is 8.17. The predicted octanol–water partition coefficient (Wildman–Crippen LogP) is 4.84. The van der Waals surface area contributed by atoms with Gasteiger partial charge in [-0.15, -0.1) is 10.2 Å². The molecular weight excluding hydrogens is 358 g/mol. The van der Waals surface area contributed by atoms with Crippen molar-refractivity contribution in [2.75, 3.05) is 6.54 Å². The Morgan fingerprint density at radius 3 is 2.70 bits per heavy atom. The first-order valence-corrected chi connectivity index (χ1v) is 10.4. The van der Waals surface area contributed by atoms with Crippen LogP contribution in [0.2, 0.25) is 0 Å². The minimum absolute atomic E-state index is 0.00237. The monoisotopic (exact) mass is 385 g/mol. The van der Waals surface area contributed by atoms with Crippen LogP contribution in [0.15, 0.2) is 39.5 Å². The maximum absolute atomic E-state index is 12.3. The van der Waals surface area contributed by atoms with Crippen molar-refractivity contribution in [3.63, 3.8) is 0 Å². The number of allylic oxidation sites excluding steroid dienone is 1. The Morgan fingerprint density at radius 2 is 2.00 bits per heavy atom. The number of aryl methyl sites for hydroxylation is 2. The molecule has 27 heavy (non-hydrogen) atoms. The molecule has 144 valence electrons. The maximum Gasteiger partial charge on any atom is 0.277 e. The smallest absolute Gasteiger partial charge is 0.277 e. The third-order valence-corrected chi connectivity index (χ3v) is 5.59. The van der Waals surface area contributed by atoms with Crippen LogP contribution >= 0.6 is 11.8 Å². The van der Waals surface area contributed by atoms with Crippen molar-refractivity contribution in [1.29, 1.82) is 0 Å². The molecule has 1 atom stereocenters. The van der Waals surface area contributed by atoms with Crippen LogP contribution in [0.25, 0.3) is 11.5 Å². The fourth-order valence-corrected chi connectivity index (χ4v) is 4.01. The van der Waals surface area contributed by atoms with Crippen LogP contribution in [-0.4, -0.2) is 27.9 Å². The standard InChI is InChI=1S/C21H27N3O2S/c1-14-11-15(2)13-18(12-14)20-23-24-21(26-20)27-16(3)19(25)22-10-9-17-7-5-4-6-8-17/h7,11-13,16H,4-6,8-10H2,1-3H3,(H,22,25)/t16-/m1/s1. The second-order valence-corrected chi connectivity index (χ2v) is 8.45. The highest BCUT2D eigenvalue weighted by molar-refractivity contribution is 8.00. The van der Waals surface area contributed by atoms with Crippen LogP contribution in [0.4, 0.5) is 0 Å². The summed E-state index contributed by atoms with van der Waals surface area (Å²) < 4.78 is 5.75. The van der Waals surface area contributed by atoms with Gasteiger partial charge in [-0.25, -0.2) is 0 Å². The van der Waals surface area contributed by atoms with Crippen molar-refractivity contribution in [2.24, 2.45) is 0 Å². The molecule has 1 amide bonds. The number of hydrogen-bond donors (Lipinski definition) is 1. The molecule has 0 saturated carbocycles. The van der Waals surface area contributed by atoms with E-state index in [1.54, 1.807) is 0 Å². The van der Waals surface area contributed by atoms with E-state index >= 15 is 0 Å². The average Bonchev–Trinajstić information content (AvgIpc) is 3.10. The number of thioether (sulfide) groups is 1. The van der Waals surface area contributed by atoms with Gasteiger partial charge in [0.05, 0.1) is 5.25 Å². The first kappa shape index (κ1) is 19.7. The maximum atomic E-state index is 12.3. The van der Waals surface area contributed by atoms with Gasteiger partial charge in [0.2, 0.25) is 11.8 Å². The van der Waals surface area contributed by atoms with Gasteiger partial charge in [-0.1, -0.05) is 40.6 Å². The first-order valence-electron chi connectivity index (χ1n) is 9.56. The Kier molecular flexibility index (Phi) is 6.72. The summed E-state index contributed by atoms with van der Waals surface area (Å²) in [4.78, 5) is 12.3. The number of amides is 1. The lowest BCUT2D eigenvalue weighted by atomic mass is 9.97. The van der Waals surface area contributed by atoms with E-state index in [-0.39, 0.29) is 11.2 Å². The molecule has 3 rings (SSSR count). The van der Waals surface area contributed by atoms with Gasteiger partial charge >= 0.3 is 0 Å². The van der Waals surface area contributed by atoms with E-state index in [1.165, 1.54) is 43.0 Å². The molecule has 1 aliphatic carbocycles. The second kappa shape index (κ2) is 9.22. The van der Waals surface area contributed by atoms with Gasteiger partial charge in [0.15, 0.2) is 0 Å². The van der Waals surface area contributed by atoms with E-state index in [0.717, 1.165) is 23.1 Å². The molecule has 0 unspecified atom stereocenters. The Labute approximate surface area is 165 Å². The Balaban J connectivity index is 1.51. The highest BCUT2D eigenvalue weighted by Gasteiger charge is 2.19. The van der Waals surface area contributed by atoms with Gasteiger partial charge in [-0.2, -0.15) is 0 Å². The summed E-state index contributed by atoms with van der Waals surface area (Å²) >= 11 is 1.29. The third-order valence-electron chi connectivity index (χ3n) is 4.65. The quantitative estimate of drug-likeness (QED) is 0.545. The molecule has 1 N–H and O–H groups in total. The van der Waals surface area contributed by atoms with Gasteiger partial charge in [-0.05, 0) is 65.0 Å². The van der Waals surface area contributed by atoms with Crippen molar-refractivity contribution >= 4 is 17.7 Å². The average molecular weight is 386 g/mol. The molecule has 0 saturated heterocycles. The van der Waals surface area contributed by atoms with Gasteiger partial charge in [-0.3, -0.25) is 4.79 Å². The fraction of sp³-hybridized carbons (Fsp3) is 0.476. The minimum atomic E-state index is -0.280. The first-order chi connectivity index (χ1) is 13.0. The van der Waals surface area contributed by atoms with Crippen molar-refractivity contribution in [1.82, 2.24) is 15.5 Å². The van der Waals surface area contributed by atoms with E-state index in [1.807, 2.05) is 32.9 Å². The number of aromatic nitrogens is 2. The number of carbonyl (C=O) groups excluding carboxylic acids is 1. The number of nitrogens with one attached hydrogen (secondary N) is 1. The fourth-order valence-electron chi connectivity index (χ4n) is 3.30. The normalized spacial score (nSPS) is 15.3. The number of carbonyl (C=O) groups is 1. The van der Waals surface area contributed by atoms with Gasteiger partial charge < -0.3 is 9.73 Å². The van der Waals surface area contributed by atoms with E-state index in [4.69, 9.17) is 4.42 Å². The predicted molar refractivity (Wildman–Crippen MR) is 109 cm³/mol. The van der Waals surface area contributed by atoms with Crippen LogP contribution in [0.1, 0.15) is 50.2 Å².